The van der Waals surface area contributed by atoms with Crippen molar-refractivity contribution in [2.75, 3.05) is 12.4 Å². The van der Waals surface area contributed by atoms with Gasteiger partial charge in [-0.15, -0.1) is 5.10 Å². The van der Waals surface area contributed by atoms with Crippen LogP contribution in [0.25, 0.3) is 0 Å². The van der Waals surface area contributed by atoms with Crippen LogP contribution in [0.15, 0.2) is 17.5 Å². The van der Waals surface area contributed by atoms with Gasteiger partial charge in [-0.2, -0.15) is 0 Å². The molecule has 0 unspecified atom stereocenters. The molecule has 0 aliphatic rings. The third kappa shape index (κ3) is 2.46. The van der Waals surface area contributed by atoms with Crippen molar-refractivity contribution in [3.8, 4) is 5.75 Å². The Morgan fingerprint density at radius 1 is 1.44 bits per heavy atom. The fourth-order valence-electron chi connectivity index (χ4n) is 1.27. The largest absolute Gasteiger partial charge is 0.493 e. The minimum atomic E-state index is 0.601. The van der Waals surface area contributed by atoms with E-state index in [0.717, 1.165) is 23.0 Å². The van der Waals surface area contributed by atoms with E-state index in [9.17, 15) is 0 Å². The average Bonchev–Trinajstić information content (AvgIpc) is 2.79. The third-order valence-electron chi connectivity index (χ3n) is 2.06. The molecule has 0 fully saturated rings. The number of anilines is 1. The topological polar surface area (TPSA) is 59.9 Å². The van der Waals surface area contributed by atoms with Crippen LogP contribution in [0.3, 0.4) is 0 Å². The summed E-state index contributed by atoms with van der Waals surface area (Å²) >= 11 is 1.34. The van der Waals surface area contributed by atoms with Gasteiger partial charge in [0.1, 0.15) is 0 Å². The Morgan fingerprint density at radius 2 is 2.31 bits per heavy atom. The number of nitrogens with one attached hydrogen (secondary N) is 1. The van der Waals surface area contributed by atoms with Crippen LogP contribution in [0.4, 0.5) is 5.82 Å². The van der Waals surface area contributed by atoms with Crippen LogP contribution in [0.1, 0.15) is 11.4 Å². The number of aromatic nitrogens is 3. The van der Waals surface area contributed by atoms with Gasteiger partial charge in [0.15, 0.2) is 11.6 Å². The van der Waals surface area contributed by atoms with E-state index in [0.29, 0.717) is 6.54 Å². The Hall–Kier alpha value is -1.69. The van der Waals surface area contributed by atoms with E-state index in [4.69, 9.17) is 4.74 Å². The van der Waals surface area contributed by atoms with E-state index < -0.39 is 0 Å². The molecule has 6 heteroatoms. The fraction of sp³-hybridized carbons (Fsp3) is 0.300. The van der Waals surface area contributed by atoms with Crippen molar-refractivity contribution in [3.05, 3.63) is 28.9 Å². The predicted octanol–water partition coefficient (Wildman–Crippen LogP) is 1.86. The SMILES string of the molecule is COc1ccc(C)nc1NCc1csnn1. The summed E-state index contributed by atoms with van der Waals surface area (Å²) in [5.41, 5.74) is 1.84. The lowest BCUT2D eigenvalue weighted by atomic mass is 10.3. The van der Waals surface area contributed by atoms with Crippen LogP contribution in [0.2, 0.25) is 0 Å². The van der Waals surface area contributed by atoms with Crippen LogP contribution in [0, 0.1) is 6.92 Å². The summed E-state index contributed by atoms with van der Waals surface area (Å²) in [6.45, 7) is 2.54. The summed E-state index contributed by atoms with van der Waals surface area (Å²) in [6, 6.07) is 3.80. The minimum Gasteiger partial charge on any atom is -0.493 e. The number of ether oxygens (including phenoxy) is 1. The van der Waals surface area contributed by atoms with Crippen LogP contribution in [0.5, 0.6) is 5.75 Å². The molecule has 0 aromatic carbocycles. The number of methoxy groups -OCH3 is 1. The summed E-state index contributed by atoms with van der Waals surface area (Å²) in [7, 11) is 1.63. The molecule has 0 aliphatic heterocycles. The molecule has 0 atom stereocenters. The van der Waals surface area contributed by atoms with Crippen molar-refractivity contribution in [2.45, 2.75) is 13.5 Å². The van der Waals surface area contributed by atoms with Crippen molar-refractivity contribution >= 4 is 17.4 Å². The van der Waals surface area contributed by atoms with E-state index >= 15 is 0 Å². The molecule has 0 radical (unpaired) electrons. The average molecular weight is 236 g/mol. The Labute approximate surface area is 97.7 Å². The van der Waals surface area contributed by atoms with Gasteiger partial charge in [-0.05, 0) is 30.6 Å². The third-order valence-corrected chi connectivity index (χ3v) is 2.61. The Balaban J connectivity index is 2.11. The molecule has 5 nitrogen and oxygen atoms in total. The highest BCUT2D eigenvalue weighted by molar-refractivity contribution is 7.03. The van der Waals surface area contributed by atoms with Gasteiger partial charge in [0.2, 0.25) is 0 Å². The molecular formula is C10H12N4OS. The van der Waals surface area contributed by atoms with Gasteiger partial charge >= 0.3 is 0 Å². The van der Waals surface area contributed by atoms with Gasteiger partial charge in [0, 0.05) is 11.1 Å². The number of pyridine rings is 1. The molecule has 1 N–H and O–H groups in total. The first-order valence-corrected chi connectivity index (χ1v) is 5.64. The second kappa shape index (κ2) is 4.89. The molecule has 0 aliphatic carbocycles. The van der Waals surface area contributed by atoms with Crippen molar-refractivity contribution in [3.63, 3.8) is 0 Å². The van der Waals surface area contributed by atoms with E-state index in [-0.39, 0.29) is 0 Å². The summed E-state index contributed by atoms with van der Waals surface area (Å²) in [4.78, 5) is 4.36. The number of rotatable bonds is 4. The second-order valence-corrected chi connectivity index (χ2v) is 3.86. The lowest BCUT2D eigenvalue weighted by Crippen LogP contribution is -2.04. The molecule has 2 heterocycles. The van der Waals surface area contributed by atoms with Gasteiger partial charge in [-0.25, -0.2) is 4.98 Å². The molecule has 0 spiro atoms. The smallest absolute Gasteiger partial charge is 0.169 e. The Morgan fingerprint density at radius 3 is 3.00 bits per heavy atom. The normalized spacial score (nSPS) is 10.1. The van der Waals surface area contributed by atoms with Crippen LogP contribution in [-0.2, 0) is 6.54 Å². The molecule has 2 aromatic heterocycles. The van der Waals surface area contributed by atoms with Crippen LogP contribution >= 0.6 is 11.5 Å². The zero-order valence-electron chi connectivity index (χ0n) is 9.10. The first-order chi connectivity index (χ1) is 7.79. The zero-order valence-corrected chi connectivity index (χ0v) is 9.91. The van der Waals surface area contributed by atoms with E-state index in [1.807, 2.05) is 24.4 Å². The van der Waals surface area contributed by atoms with E-state index in [2.05, 4.69) is 19.9 Å². The van der Waals surface area contributed by atoms with Crippen LogP contribution in [-0.4, -0.2) is 21.7 Å². The summed E-state index contributed by atoms with van der Waals surface area (Å²) in [5, 5.41) is 9.02. The number of hydrogen-bond donors (Lipinski definition) is 1. The minimum absolute atomic E-state index is 0.601. The molecule has 0 saturated carbocycles. The van der Waals surface area contributed by atoms with Gasteiger partial charge in [-0.1, -0.05) is 4.49 Å². The highest BCUT2D eigenvalue weighted by Crippen LogP contribution is 2.22. The first kappa shape index (κ1) is 10.8. The Bertz CT molecular complexity index is 458. The van der Waals surface area contributed by atoms with Crippen molar-refractivity contribution in [1.82, 2.24) is 14.6 Å². The molecular weight excluding hydrogens is 224 g/mol. The fourth-order valence-corrected chi connectivity index (χ4v) is 1.72. The highest BCUT2D eigenvalue weighted by atomic mass is 32.1. The molecule has 16 heavy (non-hydrogen) atoms. The maximum atomic E-state index is 5.21. The van der Waals surface area contributed by atoms with Crippen molar-refractivity contribution in [2.24, 2.45) is 0 Å². The van der Waals surface area contributed by atoms with E-state index in [1.165, 1.54) is 11.5 Å². The quantitative estimate of drug-likeness (QED) is 0.878. The van der Waals surface area contributed by atoms with E-state index in [1.54, 1.807) is 7.11 Å². The lowest BCUT2D eigenvalue weighted by Gasteiger charge is -2.09. The highest BCUT2D eigenvalue weighted by Gasteiger charge is 2.05. The zero-order chi connectivity index (χ0) is 11.4. The second-order valence-electron chi connectivity index (χ2n) is 3.25. The maximum Gasteiger partial charge on any atom is 0.169 e. The summed E-state index contributed by atoms with van der Waals surface area (Å²) in [5.74, 6) is 1.46. The molecule has 0 bridgehead atoms. The van der Waals surface area contributed by atoms with Crippen molar-refractivity contribution in [1.29, 1.82) is 0 Å². The van der Waals surface area contributed by atoms with Gasteiger partial charge in [-0.3, -0.25) is 0 Å². The van der Waals surface area contributed by atoms with Crippen LogP contribution < -0.4 is 10.1 Å². The van der Waals surface area contributed by atoms with Gasteiger partial charge < -0.3 is 10.1 Å². The number of hydrogen-bond acceptors (Lipinski definition) is 6. The standard InChI is InChI=1S/C10H12N4OS/c1-7-3-4-9(15-2)10(12-7)11-5-8-6-16-14-13-8/h3-4,6H,5H2,1-2H3,(H,11,12). The predicted molar refractivity (Wildman–Crippen MR) is 62.8 cm³/mol. The lowest BCUT2D eigenvalue weighted by molar-refractivity contribution is 0.414. The molecule has 84 valence electrons. The Kier molecular flexibility index (Phi) is 3.31. The first-order valence-electron chi connectivity index (χ1n) is 4.81. The number of aryl methyl sites for hydroxylation is 1. The molecule has 2 rings (SSSR count). The number of nitrogens with zero attached hydrogens (tertiary/aromatic N) is 3. The van der Waals surface area contributed by atoms with Gasteiger partial charge in [0.25, 0.3) is 0 Å². The monoisotopic (exact) mass is 236 g/mol. The maximum absolute atomic E-state index is 5.21. The molecule has 0 amide bonds. The van der Waals surface area contributed by atoms with Crippen molar-refractivity contribution < 1.29 is 4.74 Å². The molecule has 0 saturated heterocycles. The molecule has 2 aromatic rings. The van der Waals surface area contributed by atoms with Gasteiger partial charge in [0.05, 0.1) is 19.3 Å². The summed E-state index contributed by atoms with van der Waals surface area (Å²) in [6.07, 6.45) is 0. The summed E-state index contributed by atoms with van der Waals surface area (Å²) < 4.78 is 9.01.